The van der Waals surface area contributed by atoms with Gasteiger partial charge in [0.25, 0.3) is 0 Å². The van der Waals surface area contributed by atoms with Gasteiger partial charge in [0, 0.05) is 16.9 Å². The van der Waals surface area contributed by atoms with Gasteiger partial charge in [-0.25, -0.2) is 4.98 Å². The summed E-state index contributed by atoms with van der Waals surface area (Å²) >= 11 is 4.61. The first-order valence-electron chi connectivity index (χ1n) is 6.55. The van der Waals surface area contributed by atoms with Gasteiger partial charge in [0.1, 0.15) is 33.8 Å². The molecule has 0 bridgehead atoms. The minimum absolute atomic E-state index is 0.371. The van der Waals surface area contributed by atoms with E-state index < -0.39 is 11.4 Å². The van der Waals surface area contributed by atoms with E-state index in [0.717, 1.165) is 11.5 Å². The molecule has 0 radical (unpaired) electrons. The summed E-state index contributed by atoms with van der Waals surface area (Å²) in [6, 6.07) is 7.51. The van der Waals surface area contributed by atoms with Gasteiger partial charge >= 0.3 is 0 Å². The highest BCUT2D eigenvalue weighted by molar-refractivity contribution is 7.91. The third-order valence-corrected chi connectivity index (χ3v) is 4.41. The smallest absolute Gasteiger partial charge is 0.144 e. The lowest BCUT2D eigenvalue weighted by atomic mass is 10.3. The molecule has 1 atom stereocenters. The minimum Gasteiger partial charge on any atom is -0.591 e. The van der Waals surface area contributed by atoms with Gasteiger partial charge in [0.05, 0.1) is 0 Å². The van der Waals surface area contributed by atoms with Crippen molar-refractivity contribution in [3.63, 3.8) is 0 Å². The van der Waals surface area contributed by atoms with Gasteiger partial charge in [-0.15, -0.1) is 0 Å². The van der Waals surface area contributed by atoms with Crippen molar-refractivity contribution in [2.45, 2.75) is 32.4 Å². The second-order valence-electron chi connectivity index (χ2n) is 5.66. The first-order valence-corrected chi connectivity index (χ1v) is 8.04. The molecular weight excluding hydrogens is 306 g/mol. The van der Waals surface area contributed by atoms with Crippen LogP contribution in [0.1, 0.15) is 32.3 Å². The Kier molecular flexibility index (Phi) is 4.76. The van der Waals surface area contributed by atoms with Gasteiger partial charge in [-0.2, -0.15) is 0 Å². The predicted molar refractivity (Wildman–Crippen MR) is 88.8 cm³/mol. The summed E-state index contributed by atoms with van der Waals surface area (Å²) in [5, 5.41) is 0.693. The molecule has 112 valence electrons. The molecule has 0 saturated heterocycles. The lowest BCUT2D eigenvalue weighted by molar-refractivity contribution is 0.562. The molecular formula is C15H18ClN3OS. The van der Waals surface area contributed by atoms with E-state index in [1.165, 1.54) is 0 Å². The Morgan fingerprint density at radius 2 is 1.90 bits per heavy atom. The molecule has 0 aliphatic rings. The van der Waals surface area contributed by atoms with Crippen LogP contribution >= 0.6 is 11.6 Å². The molecule has 1 aromatic carbocycles. The maximum absolute atomic E-state index is 11.9. The zero-order valence-corrected chi connectivity index (χ0v) is 14.1. The van der Waals surface area contributed by atoms with Crippen molar-refractivity contribution in [3.05, 3.63) is 47.0 Å². The molecule has 6 heteroatoms. The quantitative estimate of drug-likeness (QED) is 0.638. The summed E-state index contributed by atoms with van der Waals surface area (Å²) in [5.74, 6) is 0.834. The van der Waals surface area contributed by atoms with Gasteiger partial charge in [0.15, 0.2) is 0 Å². The molecule has 0 N–H and O–H groups in total. The van der Waals surface area contributed by atoms with Crippen molar-refractivity contribution in [1.29, 1.82) is 0 Å². The van der Waals surface area contributed by atoms with Crippen molar-refractivity contribution < 1.29 is 4.55 Å². The number of benzene rings is 1. The Morgan fingerprint density at radius 1 is 1.29 bits per heavy atom. The van der Waals surface area contributed by atoms with Crippen LogP contribution in [-0.4, -0.2) is 25.1 Å². The number of aryl methyl sites for hydroxylation is 1. The van der Waals surface area contributed by atoms with E-state index in [1.54, 1.807) is 6.21 Å². The zero-order chi connectivity index (χ0) is 15.6. The summed E-state index contributed by atoms with van der Waals surface area (Å²) in [6.07, 6.45) is 3.42. The first kappa shape index (κ1) is 16.1. The Balaban J connectivity index is 2.24. The average molecular weight is 324 g/mol. The first-order chi connectivity index (χ1) is 9.77. The van der Waals surface area contributed by atoms with Gasteiger partial charge in [0.2, 0.25) is 0 Å². The van der Waals surface area contributed by atoms with Crippen molar-refractivity contribution >= 4 is 29.2 Å². The Labute approximate surface area is 133 Å². The number of aromatic nitrogens is 2. The van der Waals surface area contributed by atoms with Crippen molar-refractivity contribution in [3.8, 4) is 5.69 Å². The van der Waals surface area contributed by atoms with E-state index in [9.17, 15) is 4.55 Å². The molecule has 21 heavy (non-hydrogen) atoms. The molecule has 1 heterocycles. The standard InChI is InChI=1S/C15H18ClN3OS/c1-11-18-13(9-17-21(20)15(2,3)4)10-19(11)14-7-5-12(16)6-8-14/h5-10H,1-4H3/b17-9+. The van der Waals surface area contributed by atoms with Gasteiger partial charge in [-0.3, -0.25) is 0 Å². The molecule has 1 unspecified atom stereocenters. The van der Waals surface area contributed by atoms with Crippen LogP contribution in [0.4, 0.5) is 0 Å². The van der Waals surface area contributed by atoms with Crippen LogP contribution in [0.3, 0.4) is 0 Å². The Hall–Kier alpha value is -1.30. The fraction of sp³-hybridized carbons (Fsp3) is 0.333. The van der Waals surface area contributed by atoms with Crippen LogP contribution in [0.25, 0.3) is 5.69 Å². The molecule has 4 nitrogen and oxygen atoms in total. The lowest BCUT2D eigenvalue weighted by Crippen LogP contribution is -2.25. The molecule has 0 fully saturated rings. The lowest BCUT2D eigenvalue weighted by Gasteiger charge is -2.17. The number of nitrogens with zero attached hydrogens (tertiary/aromatic N) is 3. The van der Waals surface area contributed by atoms with Crippen LogP contribution in [0.5, 0.6) is 0 Å². The second-order valence-corrected chi connectivity index (χ2v) is 8.03. The third kappa shape index (κ3) is 4.09. The molecule has 0 spiro atoms. The number of imidazole rings is 1. The average Bonchev–Trinajstić information content (AvgIpc) is 2.77. The van der Waals surface area contributed by atoms with Crippen LogP contribution in [0.2, 0.25) is 5.02 Å². The third-order valence-electron chi connectivity index (χ3n) is 2.81. The number of halogens is 1. The number of hydrogen-bond donors (Lipinski definition) is 0. The van der Waals surface area contributed by atoms with Crippen LogP contribution in [-0.2, 0) is 11.4 Å². The SMILES string of the molecule is Cc1nc(/C=N/[S+]([O-])C(C)(C)C)cn1-c1ccc(Cl)cc1. The summed E-state index contributed by atoms with van der Waals surface area (Å²) in [6.45, 7) is 7.57. The summed E-state index contributed by atoms with van der Waals surface area (Å²) in [4.78, 5) is 4.41. The van der Waals surface area contributed by atoms with Crippen molar-refractivity contribution in [2.24, 2.45) is 4.40 Å². The number of rotatable bonds is 3. The zero-order valence-electron chi connectivity index (χ0n) is 12.5. The van der Waals surface area contributed by atoms with Gasteiger partial charge in [-0.1, -0.05) is 16.0 Å². The second kappa shape index (κ2) is 6.22. The fourth-order valence-corrected chi connectivity index (χ4v) is 2.33. The van der Waals surface area contributed by atoms with Crippen LogP contribution in [0.15, 0.2) is 34.9 Å². The van der Waals surface area contributed by atoms with E-state index >= 15 is 0 Å². The molecule has 2 rings (SSSR count). The summed E-state index contributed by atoms with van der Waals surface area (Å²) in [7, 11) is 0. The number of hydrogen-bond acceptors (Lipinski definition) is 3. The molecule has 0 saturated carbocycles. The highest BCUT2D eigenvalue weighted by atomic mass is 35.5. The van der Waals surface area contributed by atoms with E-state index in [0.29, 0.717) is 10.7 Å². The molecule has 1 aromatic heterocycles. The van der Waals surface area contributed by atoms with E-state index in [2.05, 4.69) is 9.38 Å². The minimum atomic E-state index is -1.28. The molecule has 2 aromatic rings. The Morgan fingerprint density at radius 3 is 2.48 bits per heavy atom. The van der Waals surface area contributed by atoms with Crippen LogP contribution in [0, 0.1) is 6.92 Å². The highest BCUT2D eigenvalue weighted by Crippen LogP contribution is 2.18. The molecule has 0 amide bonds. The highest BCUT2D eigenvalue weighted by Gasteiger charge is 2.25. The summed E-state index contributed by atoms with van der Waals surface area (Å²) in [5.41, 5.74) is 1.65. The van der Waals surface area contributed by atoms with Gasteiger partial charge < -0.3 is 9.12 Å². The normalized spacial score (nSPS) is 13.8. The monoisotopic (exact) mass is 323 g/mol. The van der Waals surface area contributed by atoms with E-state index in [1.807, 2.05) is 62.7 Å². The largest absolute Gasteiger partial charge is 0.591 e. The maximum Gasteiger partial charge on any atom is 0.144 e. The Bertz CT molecular complexity index is 644. The topological polar surface area (TPSA) is 53.2 Å². The summed E-state index contributed by atoms with van der Waals surface area (Å²) < 4.78 is 17.6. The van der Waals surface area contributed by atoms with Crippen LogP contribution < -0.4 is 0 Å². The van der Waals surface area contributed by atoms with Crippen molar-refractivity contribution in [1.82, 2.24) is 9.55 Å². The maximum atomic E-state index is 11.9. The van der Waals surface area contributed by atoms with Gasteiger partial charge in [-0.05, 0) is 52.0 Å². The fourth-order valence-electron chi connectivity index (χ4n) is 1.68. The molecule has 0 aliphatic heterocycles. The van der Waals surface area contributed by atoms with E-state index in [4.69, 9.17) is 11.6 Å². The predicted octanol–water partition coefficient (Wildman–Crippen LogP) is 3.72. The van der Waals surface area contributed by atoms with E-state index in [-0.39, 0.29) is 4.75 Å². The molecule has 0 aliphatic carbocycles. The van der Waals surface area contributed by atoms with Crippen molar-refractivity contribution in [2.75, 3.05) is 0 Å².